The Balaban J connectivity index is 1.29. The third kappa shape index (κ3) is 6.55. The summed E-state index contributed by atoms with van der Waals surface area (Å²) in [4.78, 5) is 29.5. The highest BCUT2D eigenvalue weighted by molar-refractivity contribution is 5.91. The first-order valence-corrected chi connectivity index (χ1v) is 11.4. The summed E-state index contributed by atoms with van der Waals surface area (Å²) in [5.41, 5.74) is 4.60. The zero-order chi connectivity index (χ0) is 25.5. The standard InChI is InChI=1S/C27H23F3N2O4/c28-27(29,30)26(34)36-31-18-20-7-4-8-22(17-20)21-13-15-32(16-14-21)25(33)24-12-11-23(35-24)10-9-19-5-2-1-3-6-19/h1-8,11-12,17,21,31H,13-16,18H2. The molecule has 0 atom stereocenters. The minimum absolute atomic E-state index is 0.0546. The van der Waals surface area contributed by atoms with E-state index in [-0.39, 0.29) is 24.1 Å². The van der Waals surface area contributed by atoms with Gasteiger partial charge in [0.05, 0.1) is 6.54 Å². The van der Waals surface area contributed by atoms with E-state index in [0.29, 0.717) is 24.4 Å². The number of furan rings is 1. The molecule has 186 valence electrons. The number of hydroxylamine groups is 1. The molecule has 0 aliphatic carbocycles. The third-order valence-electron chi connectivity index (χ3n) is 5.80. The lowest BCUT2D eigenvalue weighted by molar-refractivity contribution is -0.207. The molecule has 1 aromatic heterocycles. The monoisotopic (exact) mass is 496 g/mol. The fraction of sp³-hybridized carbons (Fsp3) is 0.259. The van der Waals surface area contributed by atoms with Crippen LogP contribution < -0.4 is 5.48 Å². The maximum absolute atomic E-state index is 12.9. The van der Waals surface area contributed by atoms with E-state index < -0.39 is 12.1 Å². The van der Waals surface area contributed by atoms with E-state index in [9.17, 15) is 22.8 Å². The van der Waals surface area contributed by atoms with Crippen molar-refractivity contribution < 1.29 is 32.0 Å². The van der Waals surface area contributed by atoms with Gasteiger partial charge in [0, 0.05) is 18.7 Å². The number of amides is 1. The Labute approximate surface area is 206 Å². The van der Waals surface area contributed by atoms with Crippen molar-refractivity contribution in [2.24, 2.45) is 0 Å². The number of nitrogens with zero attached hydrogens (tertiary/aromatic N) is 1. The van der Waals surface area contributed by atoms with Crippen LogP contribution in [0.15, 0.2) is 71.1 Å². The molecule has 0 saturated carbocycles. The van der Waals surface area contributed by atoms with E-state index in [4.69, 9.17) is 4.42 Å². The van der Waals surface area contributed by atoms with Crippen molar-refractivity contribution in [2.45, 2.75) is 31.5 Å². The highest BCUT2D eigenvalue weighted by Gasteiger charge is 2.41. The van der Waals surface area contributed by atoms with Gasteiger partial charge in [-0.25, -0.2) is 4.79 Å². The number of piperidine rings is 1. The van der Waals surface area contributed by atoms with Gasteiger partial charge in [0.25, 0.3) is 5.91 Å². The molecule has 4 rings (SSSR count). The summed E-state index contributed by atoms with van der Waals surface area (Å²) >= 11 is 0. The Morgan fingerprint density at radius 1 is 1.00 bits per heavy atom. The van der Waals surface area contributed by atoms with Crippen LogP contribution in [-0.4, -0.2) is 36.0 Å². The number of rotatable bonds is 5. The number of nitrogens with one attached hydrogen (secondary N) is 1. The van der Waals surface area contributed by atoms with Gasteiger partial charge in [-0.2, -0.15) is 13.2 Å². The van der Waals surface area contributed by atoms with Crippen molar-refractivity contribution in [2.75, 3.05) is 13.1 Å². The fourth-order valence-corrected chi connectivity index (χ4v) is 3.95. The maximum Gasteiger partial charge on any atom is 0.492 e. The average Bonchev–Trinajstić information content (AvgIpc) is 3.36. The number of hydrogen-bond acceptors (Lipinski definition) is 5. The lowest BCUT2D eigenvalue weighted by Crippen LogP contribution is -2.37. The van der Waals surface area contributed by atoms with Crippen LogP contribution in [0.3, 0.4) is 0 Å². The number of likely N-dealkylation sites (tertiary alicyclic amines) is 1. The van der Waals surface area contributed by atoms with E-state index in [0.717, 1.165) is 24.0 Å². The molecule has 1 saturated heterocycles. The molecular weight excluding hydrogens is 473 g/mol. The molecule has 1 aliphatic heterocycles. The van der Waals surface area contributed by atoms with Crippen molar-refractivity contribution in [3.05, 3.63) is 94.9 Å². The minimum atomic E-state index is -5.05. The van der Waals surface area contributed by atoms with Gasteiger partial charge in [0.15, 0.2) is 11.5 Å². The number of carbonyl (C=O) groups excluding carboxylic acids is 2. The van der Waals surface area contributed by atoms with Crippen LogP contribution in [0.2, 0.25) is 0 Å². The first kappa shape index (κ1) is 25.1. The Kier molecular flexibility index (Phi) is 7.76. The van der Waals surface area contributed by atoms with E-state index in [1.165, 1.54) is 0 Å². The topological polar surface area (TPSA) is 71.8 Å². The molecule has 2 aromatic carbocycles. The van der Waals surface area contributed by atoms with Crippen LogP contribution in [0.1, 0.15) is 51.8 Å². The highest BCUT2D eigenvalue weighted by Crippen LogP contribution is 2.29. The van der Waals surface area contributed by atoms with Crippen molar-refractivity contribution in [1.29, 1.82) is 0 Å². The number of carbonyl (C=O) groups is 2. The summed E-state index contributed by atoms with van der Waals surface area (Å²) in [5, 5.41) is 0. The summed E-state index contributed by atoms with van der Waals surface area (Å²) in [6.07, 6.45) is -3.59. The molecule has 1 amide bonds. The molecule has 1 aliphatic rings. The lowest BCUT2D eigenvalue weighted by atomic mass is 9.88. The Morgan fingerprint density at radius 3 is 2.47 bits per heavy atom. The Bertz CT molecular complexity index is 1270. The number of alkyl halides is 3. The SMILES string of the molecule is O=C(c1ccc(C#Cc2ccccc2)o1)N1CCC(c2cccc(CNOC(=O)C(F)(F)F)c2)CC1. The van der Waals surface area contributed by atoms with Crippen molar-refractivity contribution in [3.8, 4) is 11.8 Å². The molecule has 36 heavy (non-hydrogen) atoms. The molecule has 0 bridgehead atoms. The Hall–Kier alpha value is -4.03. The largest absolute Gasteiger partial charge is 0.492 e. The molecule has 1 fully saturated rings. The van der Waals surface area contributed by atoms with Crippen molar-refractivity contribution in [3.63, 3.8) is 0 Å². The number of hydrogen-bond donors (Lipinski definition) is 1. The van der Waals surface area contributed by atoms with E-state index in [1.807, 2.05) is 42.5 Å². The second-order valence-electron chi connectivity index (χ2n) is 8.30. The van der Waals surface area contributed by atoms with Crippen molar-refractivity contribution in [1.82, 2.24) is 10.4 Å². The zero-order valence-corrected chi connectivity index (χ0v) is 19.2. The molecule has 2 heterocycles. The minimum Gasteiger partial charge on any atom is -0.443 e. The molecular formula is C27H23F3N2O4. The molecule has 9 heteroatoms. The van der Waals surface area contributed by atoms with Crippen LogP contribution in [0, 0.1) is 11.8 Å². The van der Waals surface area contributed by atoms with Crippen LogP contribution in [0.5, 0.6) is 0 Å². The van der Waals surface area contributed by atoms with E-state index in [2.05, 4.69) is 22.2 Å². The zero-order valence-electron chi connectivity index (χ0n) is 19.2. The quantitative estimate of drug-likeness (QED) is 0.406. The predicted octanol–water partition coefficient (Wildman–Crippen LogP) is 4.81. The first-order valence-electron chi connectivity index (χ1n) is 11.4. The lowest BCUT2D eigenvalue weighted by Gasteiger charge is -2.31. The second-order valence-corrected chi connectivity index (χ2v) is 8.30. The summed E-state index contributed by atoms with van der Waals surface area (Å²) in [6.45, 7) is 1.03. The fourth-order valence-electron chi connectivity index (χ4n) is 3.95. The third-order valence-corrected chi connectivity index (χ3v) is 5.80. The maximum atomic E-state index is 12.9. The van der Waals surface area contributed by atoms with Crippen LogP contribution in [0.4, 0.5) is 13.2 Å². The molecule has 0 spiro atoms. The molecule has 6 nitrogen and oxygen atoms in total. The summed E-state index contributed by atoms with van der Waals surface area (Å²) in [5.74, 6) is 4.30. The van der Waals surface area contributed by atoms with Gasteiger partial charge < -0.3 is 14.2 Å². The van der Waals surface area contributed by atoms with Crippen LogP contribution in [-0.2, 0) is 16.2 Å². The number of halogens is 3. The van der Waals surface area contributed by atoms with Gasteiger partial charge in [0.2, 0.25) is 0 Å². The smallest absolute Gasteiger partial charge is 0.443 e. The van der Waals surface area contributed by atoms with Gasteiger partial charge in [-0.3, -0.25) is 4.79 Å². The van der Waals surface area contributed by atoms with Gasteiger partial charge in [0.1, 0.15) is 0 Å². The average molecular weight is 496 g/mol. The molecule has 0 radical (unpaired) electrons. The molecule has 3 aromatic rings. The van der Waals surface area contributed by atoms with E-state index in [1.54, 1.807) is 29.2 Å². The summed E-state index contributed by atoms with van der Waals surface area (Å²) < 4.78 is 42.3. The molecule has 1 N–H and O–H groups in total. The predicted molar refractivity (Wildman–Crippen MR) is 124 cm³/mol. The Morgan fingerprint density at radius 2 is 1.75 bits per heavy atom. The first-order chi connectivity index (χ1) is 17.3. The van der Waals surface area contributed by atoms with Crippen molar-refractivity contribution >= 4 is 11.9 Å². The second kappa shape index (κ2) is 11.1. The van der Waals surface area contributed by atoms with Crippen LogP contribution in [0.25, 0.3) is 0 Å². The van der Waals surface area contributed by atoms with Gasteiger partial charge in [-0.1, -0.05) is 48.4 Å². The van der Waals surface area contributed by atoms with E-state index >= 15 is 0 Å². The van der Waals surface area contributed by atoms with Gasteiger partial charge in [-0.15, -0.1) is 5.48 Å². The van der Waals surface area contributed by atoms with Gasteiger partial charge >= 0.3 is 12.1 Å². The summed E-state index contributed by atoms with van der Waals surface area (Å²) in [6, 6.07) is 20.1. The normalized spacial score (nSPS) is 14.1. The summed E-state index contributed by atoms with van der Waals surface area (Å²) in [7, 11) is 0. The van der Waals surface area contributed by atoms with Gasteiger partial charge in [-0.05, 0) is 60.1 Å². The molecule has 0 unspecified atom stereocenters. The van der Waals surface area contributed by atoms with Crippen LogP contribution >= 0.6 is 0 Å². The number of benzene rings is 2. The highest BCUT2D eigenvalue weighted by atomic mass is 19.4.